The van der Waals surface area contributed by atoms with E-state index in [1.807, 2.05) is 0 Å². The molecule has 0 aliphatic rings. The molecule has 0 aromatic heterocycles. The Labute approximate surface area is 116 Å². The van der Waals surface area contributed by atoms with Gasteiger partial charge in [0.2, 0.25) is 0 Å². The number of methoxy groups -OCH3 is 2. The van der Waals surface area contributed by atoms with Gasteiger partial charge in [0.1, 0.15) is 5.82 Å². The van der Waals surface area contributed by atoms with Gasteiger partial charge in [0, 0.05) is 5.56 Å². The second-order valence-electron chi connectivity index (χ2n) is 4.00. The van der Waals surface area contributed by atoms with Crippen LogP contribution in [0.2, 0.25) is 0 Å². The molecule has 0 heterocycles. The molecular weight excluding hydrogens is 261 g/mol. The number of ether oxygens (including phenoxy) is 2. The largest absolute Gasteiger partial charge is 0.493 e. The second kappa shape index (κ2) is 6.06. The van der Waals surface area contributed by atoms with Gasteiger partial charge in [0.25, 0.3) is 5.91 Å². The third-order valence-electron chi connectivity index (χ3n) is 2.77. The summed E-state index contributed by atoms with van der Waals surface area (Å²) in [6, 6.07) is 10.7. The van der Waals surface area contributed by atoms with Crippen LogP contribution in [-0.4, -0.2) is 20.1 Å². The van der Waals surface area contributed by atoms with Crippen LogP contribution in [0.3, 0.4) is 0 Å². The van der Waals surface area contributed by atoms with Crippen LogP contribution in [0.15, 0.2) is 42.5 Å². The minimum absolute atomic E-state index is 0.132. The summed E-state index contributed by atoms with van der Waals surface area (Å²) in [5.41, 5.74) is 0.484. The summed E-state index contributed by atoms with van der Waals surface area (Å²) in [5.74, 6) is 0.0565. The maximum absolute atomic E-state index is 13.5. The predicted molar refractivity (Wildman–Crippen MR) is 73.9 cm³/mol. The molecule has 2 rings (SSSR count). The molecule has 0 saturated carbocycles. The minimum Gasteiger partial charge on any atom is -0.493 e. The van der Waals surface area contributed by atoms with Gasteiger partial charge in [0.05, 0.1) is 19.9 Å². The molecule has 0 aliphatic heterocycles. The molecule has 5 heteroatoms. The minimum atomic E-state index is -0.485. The van der Waals surface area contributed by atoms with Gasteiger partial charge >= 0.3 is 0 Å². The van der Waals surface area contributed by atoms with Crippen LogP contribution in [0.25, 0.3) is 0 Å². The van der Waals surface area contributed by atoms with Crippen molar-refractivity contribution >= 4 is 11.6 Å². The van der Waals surface area contributed by atoms with E-state index in [9.17, 15) is 9.18 Å². The van der Waals surface area contributed by atoms with Crippen molar-refractivity contribution < 1.29 is 18.7 Å². The van der Waals surface area contributed by atoms with E-state index in [1.165, 1.54) is 32.4 Å². The van der Waals surface area contributed by atoms with Gasteiger partial charge in [-0.05, 0) is 30.3 Å². The Morgan fingerprint density at radius 3 is 2.40 bits per heavy atom. The first-order valence-electron chi connectivity index (χ1n) is 5.93. The number of hydrogen-bond donors (Lipinski definition) is 1. The Morgan fingerprint density at radius 1 is 1.05 bits per heavy atom. The van der Waals surface area contributed by atoms with E-state index in [1.54, 1.807) is 24.3 Å². The van der Waals surface area contributed by atoms with Crippen LogP contribution < -0.4 is 14.8 Å². The van der Waals surface area contributed by atoms with Crippen LogP contribution in [0, 0.1) is 5.82 Å². The zero-order valence-corrected chi connectivity index (χ0v) is 11.1. The third-order valence-corrected chi connectivity index (χ3v) is 2.77. The number of para-hydroxylation sites is 1. The summed E-state index contributed by atoms with van der Waals surface area (Å²) in [7, 11) is 2.99. The van der Waals surface area contributed by atoms with Crippen molar-refractivity contribution in [2.45, 2.75) is 0 Å². The Balaban J connectivity index is 2.24. The van der Waals surface area contributed by atoms with E-state index in [-0.39, 0.29) is 5.69 Å². The first kappa shape index (κ1) is 13.9. The fourth-order valence-electron chi connectivity index (χ4n) is 1.73. The summed E-state index contributed by atoms with van der Waals surface area (Å²) in [4.78, 5) is 12.1. The zero-order chi connectivity index (χ0) is 14.5. The monoisotopic (exact) mass is 275 g/mol. The highest BCUT2D eigenvalue weighted by Crippen LogP contribution is 2.28. The molecule has 4 nitrogen and oxygen atoms in total. The highest BCUT2D eigenvalue weighted by molar-refractivity contribution is 6.04. The molecule has 0 spiro atoms. The van der Waals surface area contributed by atoms with E-state index in [2.05, 4.69) is 5.32 Å². The van der Waals surface area contributed by atoms with Crippen molar-refractivity contribution in [1.82, 2.24) is 0 Å². The molecule has 1 amide bonds. The highest BCUT2D eigenvalue weighted by Gasteiger charge is 2.12. The molecule has 0 bridgehead atoms. The second-order valence-corrected chi connectivity index (χ2v) is 4.00. The van der Waals surface area contributed by atoms with Gasteiger partial charge in [-0.1, -0.05) is 12.1 Å². The first-order valence-corrected chi connectivity index (χ1v) is 5.93. The van der Waals surface area contributed by atoms with Crippen molar-refractivity contribution in [2.24, 2.45) is 0 Å². The number of carbonyl (C=O) groups excluding carboxylic acids is 1. The summed E-state index contributed by atoms with van der Waals surface area (Å²) < 4.78 is 23.7. The standard InChI is InChI=1S/C15H14FNO3/c1-19-13-8-7-10(9-14(13)20-2)15(18)17-12-6-4-3-5-11(12)16/h3-9H,1-2H3,(H,17,18). The van der Waals surface area contributed by atoms with E-state index in [0.29, 0.717) is 17.1 Å². The molecule has 1 N–H and O–H groups in total. The van der Waals surface area contributed by atoms with Crippen molar-refractivity contribution in [2.75, 3.05) is 19.5 Å². The predicted octanol–water partition coefficient (Wildman–Crippen LogP) is 3.10. The van der Waals surface area contributed by atoms with E-state index in [0.717, 1.165) is 0 Å². The number of benzene rings is 2. The molecule has 0 atom stereocenters. The Bertz CT molecular complexity index is 628. The molecule has 0 saturated heterocycles. The smallest absolute Gasteiger partial charge is 0.255 e. The van der Waals surface area contributed by atoms with E-state index < -0.39 is 11.7 Å². The van der Waals surface area contributed by atoms with Gasteiger partial charge in [-0.25, -0.2) is 4.39 Å². The SMILES string of the molecule is COc1ccc(C(=O)Nc2ccccc2F)cc1OC. The summed E-state index contributed by atoms with van der Waals surface area (Å²) in [5, 5.41) is 2.50. The van der Waals surface area contributed by atoms with Gasteiger partial charge in [0.15, 0.2) is 11.5 Å². The molecule has 20 heavy (non-hydrogen) atoms. The van der Waals surface area contributed by atoms with Crippen molar-refractivity contribution in [3.05, 3.63) is 53.8 Å². The molecule has 104 valence electrons. The maximum Gasteiger partial charge on any atom is 0.255 e. The van der Waals surface area contributed by atoms with Crippen LogP contribution in [-0.2, 0) is 0 Å². The van der Waals surface area contributed by atoms with Gasteiger partial charge in [-0.3, -0.25) is 4.79 Å². The number of rotatable bonds is 4. The van der Waals surface area contributed by atoms with Crippen molar-refractivity contribution in [3.63, 3.8) is 0 Å². The molecule has 0 radical (unpaired) electrons. The van der Waals surface area contributed by atoms with Crippen LogP contribution >= 0.6 is 0 Å². The molecule has 0 fully saturated rings. The molecular formula is C15H14FNO3. The van der Waals surface area contributed by atoms with E-state index in [4.69, 9.17) is 9.47 Å². The molecule has 2 aromatic carbocycles. The summed E-state index contributed by atoms with van der Waals surface area (Å²) >= 11 is 0. The highest BCUT2D eigenvalue weighted by atomic mass is 19.1. The number of anilines is 1. The Kier molecular flexibility index (Phi) is 4.20. The van der Waals surface area contributed by atoms with Gasteiger partial charge in [-0.2, -0.15) is 0 Å². The fourth-order valence-corrected chi connectivity index (χ4v) is 1.73. The number of carbonyl (C=O) groups is 1. The Hall–Kier alpha value is -2.56. The maximum atomic E-state index is 13.5. The normalized spacial score (nSPS) is 9.95. The first-order chi connectivity index (χ1) is 9.65. The van der Waals surface area contributed by atoms with Gasteiger partial charge in [-0.15, -0.1) is 0 Å². The Morgan fingerprint density at radius 2 is 1.75 bits per heavy atom. The van der Waals surface area contributed by atoms with E-state index >= 15 is 0 Å². The summed E-state index contributed by atoms with van der Waals surface area (Å²) in [6.07, 6.45) is 0. The zero-order valence-electron chi connectivity index (χ0n) is 11.1. The number of halogens is 1. The average molecular weight is 275 g/mol. The number of nitrogens with one attached hydrogen (secondary N) is 1. The van der Waals surface area contributed by atoms with Crippen LogP contribution in [0.1, 0.15) is 10.4 Å². The fraction of sp³-hybridized carbons (Fsp3) is 0.133. The lowest BCUT2D eigenvalue weighted by molar-refractivity contribution is 0.102. The molecule has 2 aromatic rings. The third kappa shape index (κ3) is 2.88. The number of hydrogen-bond acceptors (Lipinski definition) is 3. The van der Waals surface area contributed by atoms with Crippen molar-refractivity contribution in [1.29, 1.82) is 0 Å². The van der Waals surface area contributed by atoms with Crippen molar-refractivity contribution in [3.8, 4) is 11.5 Å². The van der Waals surface area contributed by atoms with Crippen LogP contribution in [0.5, 0.6) is 11.5 Å². The summed E-state index contributed by atoms with van der Waals surface area (Å²) in [6.45, 7) is 0. The van der Waals surface area contributed by atoms with Gasteiger partial charge < -0.3 is 14.8 Å². The quantitative estimate of drug-likeness (QED) is 0.932. The van der Waals surface area contributed by atoms with Crippen LogP contribution in [0.4, 0.5) is 10.1 Å². The lowest BCUT2D eigenvalue weighted by Crippen LogP contribution is -2.13. The topological polar surface area (TPSA) is 47.6 Å². The molecule has 0 aliphatic carbocycles. The average Bonchev–Trinajstić information content (AvgIpc) is 2.48. The number of amides is 1. The lowest BCUT2D eigenvalue weighted by Gasteiger charge is -2.10. The lowest BCUT2D eigenvalue weighted by atomic mass is 10.2. The molecule has 0 unspecified atom stereocenters.